The quantitative estimate of drug-likeness (QED) is 0.803. The van der Waals surface area contributed by atoms with E-state index in [1.165, 1.54) is 18.5 Å². The Morgan fingerprint density at radius 1 is 1.11 bits per heavy atom. The van der Waals surface area contributed by atoms with Crippen LogP contribution in [0.25, 0.3) is 0 Å². The summed E-state index contributed by atoms with van der Waals surface area (Å²) in [5.74, 6) is 0. The van der Waals surface area contributed by atoms with E-state index in [-0.39, 0.29) is 11.5 Å². The second-order valence-electron chi connectivity index (χ2n) is 6.44. The van der Waals surface area contributed by atoms with Crippen LogP contribution in [-0.2, 0) is 0 Å². The molecule has 0 amide bonds. The maximum Gasteiger partial charge on any atom is 0.0366 e. The molecule has 0 fully saturated rings. The van der Waals surface area contributed by atoms with Crippen molar-refractivity contribution in [2.24, 2.45) is 11.1 Å². The van der Waals surface area contributed by atoms with Crippen molar-refractivity contribution in [1.82, 2.24) is 0 Å². The average molecular weight is 262 g/mol. The molecule has 0 aliphatic heterocycles. The average Bonchev–Trinajstić information content (AvgIpc) is 2.38. The number of rotatable bonds is 7. The Labute approximate surface area is 119 Å². The topological polar surface area (TPSA) is 29.3 Å². The minimum atomic E-state index is 0.188. The molecule has 0 aliphatic rings. The van der Waals surface area contributed by atoms with Gasteiger partial charge in [-0.05, 0) is 30.4 Å². The van der Waals surface area contributed by atoms with Gasteiger partial charge >= 0.3 is 0 Å². The zero-order chi connectivity index (χ0) is 14.3. The van der Waals surface area contributed by atoms with Gasteiger partial charge < -0.3 is 10.6 Å². The Hall–Kier alpha value is -1.02. The van der Waals surface area contributed by atoms with E-state index in [0.29, 0.717) is 0 Å². The Balaban J connectivity index is 2.61. The molecule has 1 rings (SSSR count). The summed E-state index contributed by atoms with van der Waals surface area (Å²) >= 11 is 0. The SMILES string of the molecule is CCCCN(CCC(N)C(C)(C)C)c1ccccc1. The van der Waals surface area contributed by atoms with E-state index in [1.54, 1.807) is 0 Å². The van der Waals surface area contributed by atoms with E-state index in [4.69, 9.17) is 5.73 Å². The molecule has 0 heterocycles. The molecule has 19 heavy (non-hydrogen) atoms. The molecule has 1 aromatic rings. The fourth-order valence-electron chi connectivity index (χ4n) is 2.09. The van der Waals surface area contributed by atoms with Gasteiger partial charge in [0.05, 0.1) is 0 Å². The summed E-state index contributed by atoms with van der Waals surface area (Å²) in [4.78, 5) is 2.47. The van der Waals surface area contributed by atoms with Crippen LogP contribution in [0.3, 0.4) is 0 Å². The first kappa shape index (κ1) is 16.0. The highest BCUT2D eigenvalue weighted by Crippen LogP contribution is 2.21. The zero-order valence-electron chi connectivity index (χ0n) is 13.0. The lowest BCUT2D eigenvalue weighted by Gasteiger charge is -2.31. The van der Waals surface area contributed by atoms with Crippen LogP contribution in [0.5, 0.6) is 0 Å². The number of anilines is 1. The molecule has 108 valence electrons. The molecule has 0 bridgehead atoms. The summed E-state index contributed by atoms with van der Waals surface area (Å²) in [5.41, 5.74) is 7.78. The molecule has 1 atom stereocenters. The van der Waals surface area contributed by atoms with Crippen LogP contribution in [0.1, 0.15) is 47.0 Å². The minimum Gasteiger partial charge on any atom is -0.371 e. The van der Waals surface area contributed by atoms with Gasteiger partial charge in [-0.3, -0.25) is 0 Å². The zero-order valence-corrected chi connectivity index (χ0v) is 13.0. The van der Waals surface area contributed by atoms with Gasteiger partial charge in [0.15, 0.2) is 0 Å². The third-order valence-corrected chi connectivity index (χ3v) is 3.73. The maximum absolute atomic E-state index is 6.28. The number of benzene rings is 1. The summed E-state index contributed by atoms with van der Waals surface area (Å²) in [6.07, 6.45) is 3.51. The lowest BCUT2D eigenvalue weighted by atomic mass is 9.85. The lowest BCUT2D eigenvalue weighted by Crippen LogP contribution is -2.39. The fraction of sp³-hybridized carbons (Fsp3) is 0.647. The molecule has 1 aromatic carbocycles. The molecule has 0 saturated heterocycles. The smallest absolute Gasteiger partial charge is 0.0366 e. The summed E-state index contributed by atoms with van der Waals surface area (Å²) in [6, 6.07) is 10.9. The molecule has 2 heteroatoms. The summed E-state index contributed by atoms with van der Waals surface area (Å²) < 4.78 is 0. The van der Waals surface area contributed by atoms with Gasteiger partial charge in [-0.15, -0.1) is 0 Å². The van der Waals surface area contributed by atoms with Crippen LogP contribution < -0.4 is 10.6 Å². The molecular weight excluding hydrogens is 232 g/mol. The third-order valence-electron chi connectivity index (χ3n) is 3.73. The first-order valence-corrected chi connectivity index (χ1v) is 7.50. The second-order valence-corrected chi connectivity index (χ2v) is 6.44. The number of para-hydroxylation sites is 1. The van der Waals surface area contributed by atoms with Gasteiger partial charge in [0, 0.05) is 24.8 Å². The Bertz CT molecular complexity index is 340. The van der Waals surface area contributed by atoms with E-state index >= 15 is 0 Å². The number of hydrogen-bond donors (Lipinski definition) is 1. The number of hydrogen-bond acceptors (Lipinski definition) is 2. The van der Waals surface area contributed by atoms with Crippen molar-refractivity contribution >= 4 is 5.69 Å². The van der Waals surface area contributed by atoms with Gasteiger partial charge in [-0.1, -0.05) is 52.3 Å². The summed E-state index contributed by atoms with van der Waals surface area (Å²) in [6.45, 7) is 11.1. The van der Waals surface area contributed by atoms with Gasteiger partial charge in [0.2, 0.25) is 0 Å². The predicted octanol–water partition coefficient (Wildman–Crippen LogP) is 4.06. The van der Waals surface area contributed by atoms with Crippen molar-refractivity contribution in [3.63, 3.8) is 0 Å². The molecule has 0 saturated carbocycles. The second kappa shape index (κ2) is 7.54. The highest BCUT2D eigenvalue weighted by atomic mass is 15.1. The van der Waals surface area contributed by atoms with Crippen molar-refractivity contribution in [2.75, 3.05) is 18.0 Å². The number of nitrogens with two attached hydrogens (primary N) is 1. The summed E-state index contributed by atoms with van der Waals surface area (Å²) in [5, 5.41) is 0. The largest absolute Gasteiger partial charge is 0.371 e. The first-order chi connectivity index (χ1) is 8.95. The van der Waals surface area contributed by atoms with Gasteiger partial charge in [0.1, 0.15) is 0 Å². The number of nitrogens with zero attached hydrogens (tertiary/aromatic N) is 1. The first-order valence-electron chi connectivity index (χ1n) is 7.50. The van der Waals surface area contributed by atoms with Crippen LogP contribution in [0, 0.1) is 5.41 Å². The van der Waals surface area contributed by atoms with Gasteiger partial charge in [-0.2, -0.15) is 0 Å². The standard InChI is InChI=1S/C17H30N2/c1-5-6-13-19(15-10-8-7-9-11-15)14-12-16(18)17(2,3)4/h7-11,16H,5-6,12-14,18H2,1-4H3. The van der Waals surface area contributed by atoms with Crippen LogP contribution in [-0.4, -0.2) is 19.1 Å². The number of unbranched alkanes of at least 4 members (excludes halogenated alkanes) is 1. The maximum atomic E-state index is 6.28. The van der Waals surface area contributed by atoms with Gasteiger partial charge in [-0.25, -0.2) is 0 Å². The van der Waals surface area contributed by atoms with Crippen molar-refractivity contribution in [2.45, 2.75) is 53.0 Å². The predicted molar refractivity (Wildman–Crippen MR) is 85.6 cm³/mol. The highest BCUT2D eigenvalue weighted by molar-refractivity contribution is 5.45. The molecular formula is C17H30N2. The molecule has 0 aliphatic carbocycles. The van der Waals surface area contributed by atoms with Crippen LogP contribution in [0.15, 0.2) is 30.3 Å². The van der Waals surface area contributed by atoms with Crippen molar-refractivity contribution in [1.29, 1.82) is 0 Å². The lowest BCUT2D eigenvalue weighted by molar-refractivity contribution is 0.307. The Kier molecular flexibility index (Phi) is 6.36. The highest BCUT2D eigenvalue weighted by Gasteiger charge is 2.21. The normalized spacial score (nSPS) is 13.3. The third kappa shape index (κ3) is 5.65. The van der Waals surface area contributed by atoms with E-state index in [2.05, 4.69) is 62.9 Å². The van der Waals surface area contributed by atoms with Crippen LogP contribution >= 0.6 is 0 Å². The molecule has 2 N–H and O–H groups in total. The monoisotopic (exact) mass is 262 g/mol. The van der Waals surface area contributed by atoms with E-state index in [9.17, 15) is 0 Å². The molecule has 0 aromatic heterocycles. The summed E-state index contributed by atoms with van der Waals surface area (Å²) in [7, 11) is 0. The minimum absolute atomic E-state index is 0.188. The van der Waals surface area contributed by atoms with Crippen LogP contribution in [0.4, 0.5) is 5.69 Å². The van der Waals surface area contributed by atoms with Crippen molar-refractivity contribution < 1.29 is 0 Å². The Morgan fingerprint density at radius 3 is 2.26 bits per heavy atom. The molecule has 0 radical (unpaired) electrons. The van der Waals surface area contributed by atoms with E-state index in [0.717, 1.165) is 19.5 Å². The molecule has 0 spiro atoms. The van der Waals surface area contributed by atoms with Crippen molar-refractivity contribution in [3.05, 3.63) is 30.3 Å². The molecule has 2 nitrogen and oxygen atoms in total. The van der Waals surface area contributed by atoms with Gasteiger partial charge in [0.25, 0.3) is 0 Å². The molecule has 1 unspecified atom stereocenters. The van der Waals surface area contributed by atoms with Crippen LogP contribution in [0.2, 0.25) is 0 Å². The fourth-order valence-corrected chi connectivity index (χ4v) is 2.09. The van der Waals surface area contributed by atoms with E-state index < -0.39 is 0 Å². The Morgan fingerprint density at radius 2 is 1.74 bits per heavy atom. The van der Waals surface area contributed by atoms with Crippen molar-refractivity contribution in [3.8, 4) is 0 Å². The van der Waals surface area contributed by atoms with E-state index in [1.807, 2.05) is 0 Å².